The van der Waals surface area contributed by atoms with Crippen LogP contribution in [0.5, 0.6) is 11.5 Å². The second-order valence-corrected chi connectivity index (χ2v) is 7.15. The molecule has 26 heavy (non-hydrogen) atoms. The summed E-state index contributed by atoms with van der Waals surface area (Å²) in [6, 6.07) is 14.2. The zero-order valence-electron chi connectivity index (χ0n) is 15.1. The lowest BCUT2D eigenvalue weighted by atomic mass is 9.95. The Morgan fingerprint density at radius 2 is 1.62 bits per heavy atom. The lowest BCUT2D eigenvalue weighted by molar-refractivity contribution is 0.0873. The standard InChI is InChI=1S/C20H22N2O3S/c1-13-12-26-20(21)22(13)18(14-4-8-16(24-2)9-5-14)19(23)15-6-10-17(25-3)11-7-15/h4-11,13,18,21H,12H2,1-3H3. The van der Waals surface area contributed by atoms with Crippen LogP contribution in [0.25, 0.3) is 0 Å². The van der Waals surface area contributed by atoms with Crippen LogP contribution in [-0.2, 0) is 0 Å². The zero-order valence-corrected chi connectivity index (χ0v) is 15.9. The first-order valence-electron chi connectivity index (χ1n) is 8.37. The quantitative estimate of drug-likeness (QED) is 0.779. The first-order valence-corrected chi connectivity index (χ1v) is 9.35. The molecule has 2 aromatic rings. The van der Waals surface area contributed by atoms with Crippen LogP contribution in [-0.4, -0.2) is 41.9 Å². The highest BCUT2D eigenvalue weighted by Gasteiger charge is 2.37. The van der Waals surface area contributed by atoms with Gasteiger partial charge in [-0.2, -0.15) is 0 Å². The van der Waals surface area contributed by atoms with Crippen molar-refractivity contribution in [3.8, 4) is 11.5 Å². The number of benzene rings is 2. The average molecular weight is 370 g/mol. The SMILES string of the molecule is COc1ccc(C(=O)C(c2ccc(OC)cc2)N2C(=N)SCC2C)cc1. The van der Waals surface area contributed by atoms with E-state index in [1.807, 2.05) is 36.1 Å². The molecule has 0 aliphatic carbocycles. The Morgan fingerprint density at radius 3 is 2.08 bits per heavy atom. The van der Waals surface area contributed by atoms with Gasteiger partial charge in [-0.05, 0) is 48.9 Å². The molecule has 0 radical (unpaired) electrons. The van der Waals surface area contributed by atoms with Gasteiger partial charge in [0.1, 0.15) is 17.5 Å². The molecule has 1 aliphatic rings. The second-order valence-electron chi connectivity index (χ2n) is 6.14. The molecule has 1 saturated heterocycles. The topological polar surface area (TPSA) is 62.6 Å². The van der Waals surface area contributed by atoms with E-state index in [-0.39, 0.29) is 11.8 Å². The van der Waals surface area contributed by atoms with E-state index in [1.54, 1.807) is 38.5 Å². The van der Waals surface area contributed by atoms with Crippen LogP contribution in [0.15, 0.2) is 48.5 Å². The van der Waals surface area contributed by atoms with Crippen molar-refractivity contribution in [2.24, 2.45) is 0 Å². The first-order chi connectivity index (χ1) is 12.5. The molecular formula is C20H22N2O3S. The molecule has 1 heterocycles. The molecular weight excluding hydrogens is 348 g/mol. The summed E-state index contributed by atoms with van der Waals surface area (Å²) < 4.78 is 10.4. The molecule has 2 aromatic carbocycles. The van der Waals surface area contributed by atoms with E-state index in [0.29, 0.717) is 16.5 Å². The minimum atomic E-state index is -0.535. The fourth-order valence-electron chi connectivity index (χ4n) is 3.06. The first kappa shape index (κ1) is 18.3. The number of Topliss-reactive ketones (excluding diaryl/α,β-unsaturated/α-hetero) is 1. The molecule has 1 fully saturated rings. The van der Waals surface area contributed by atoms with Crippen LogP contribution >= 0.6 is 11.8 Å². The Bertz CT molecular complexity index is 790. The molecule has 1 aliphatic heterocycles. The van der Waals surface area contributed by atoms with Gasteiger partial charge in [0.2, 0.25) is 0 Å². The predicted octanol–water partition coefficient (Wildman–Crippen LogP) is 4.00. The van der Waals surface area contributed by atoms with Crippen molar-refractivity contribution in [3.05, 3.63) is 59.7 Å². The van der Waals surface area contributed by atoms with Crippen molar-refractivity contribution < 1.29 is 14.3 Å². The summed E-state index contributed by atoms with van der Waals surface area (Å²) in [5, 5.41) is 8.74. The van der Waals surface area contributed by atoms with E-state index < -0.39 is 6.04 Å². The molecule has 6 heteroatoms. The highest BCUT2D eigenvalue weighted by atomic mass is 32.2. The van der Waals surface area contributed by atoms with E-state index in [1.165, 1.54) is 11.8 Å². The number of methoxy groups -OCH3 is 2. The number of hydrogen-bond donors (Lipinski definition) is 1. The van der Waals surface area contributed by atoms with Gasteiger partial charge in [-0.15, -0.1) is 0 Å². The lowest BCUT2D eigenvalue weighted by Crippen LogP contribution is -2.39. The Balaban J connectivity index is 2.00. The maximum atomic E-state index is 13.4. The van der Waals surface area contributed by atoms with E-state index in [9.17, 15) is 4.79 Å². The largest absolute Gasteiger partial charge is 0.497 e. The van der Waals surface area contributed by atoms with Gasteiger partial charge in [-0.25, -0.2) is 0 Å². The minimum Gasteiger partial charge on any atom is -0.497 e. The van der Waals surface area contributed by atoms with Crippen LogP contribution in [0.2, 0.25) is 0 Å². The summed E-state index contributed by atoms with van der Waals surface area (Å²) in [4.78, 5) is 15.3. The third-order valence-electron chi connectivity index (χ3n) is 4.50. The van der Waals surface area contributed by atoms with Crippen molar-refractivity contribution in [1.82, 2.24) is 4.90 Å². The van der Waals surface area contributed by atoms with Gasteiger partial charge in [-0.1, -0.05) is 23.9 Å². The van der Waals surface area contributed by atoms with Crippen LogP contribution in [0, 0.1) is 5.41 Å². The molecule has 0 spiro atoms. The number of nitrogens with one attached hydrogen (secondary N) is 1. The van der Waals surface area contributed by atoms with Gasteiger partial charge in [0.05, 0.1) is 14.2 Å². The molecule has 3 rings (SSSR count). The molecule has 0 bridgehead atoms. The average Bonchev–Trinajstić information content (AvgIpc) is 3.01. The summed E-state index contributed by atoms with van der Waals surface area (Å²) in [5.74, 6) is 2.22. The molecule has 5 nitrogen and oxygen atoms in total. The number of ether oxygens (including phenoxy) is 2. The normalized spacial score (nSPS) is 17.9. The molecule has 0 saturated carbocycles. The van der Waals surface area contributed by atoms with Crippen molar-refractivity contribution in [1.29, 1.82) is 5.41 Å². The summed E-state index contributed by atoms with van der Waals surface area (Å²) >= 11 is 1.48. The van der Waals surface area contributed by atoms with E-state index in [0.717, 1.165) is 17.1 Å². The molecule has 136 valence electrons. The van der Waals surface area contributed by atoms with Crippen molar-refractivity contribution >= 4 is 22.7 Å². The molecule has 0 aromatic heterocycles. The van der Waals surface area contributed by atoms with E-state index in [4.69, 9.17) is 14.9 Å². The second kappa shape index (κ2) is 7.83. The number of carbonyl (C=O) groups excluding carboxylic acids is 1. The summed E-state index contributed by atoms with van der Waals surface area (Å²) in [6.45, 7) is 2.05. The third-order valence-corrected chi connectivity index (χ3v) is 5.64. The van der Waals surface area contributed by atoms with Crippen LogP contribution < -0.4 is 9.47 Å². The van der Waals surface area contributed by atoms with Gasteiger partial charge in [-0.3, -0.25) is 10.2 Å². The fourth-order valence-corrected chi connectivity index (χ4v) is 4.06. The Hall–Kier alpha value is -2.47. The Labute approximate surface area is 157 Å². The lowest BCUT2D eigenvalue weighted by Gasteiger charge is -2.32. The zero-order chi connectivity index (χ0) is 18.7. The molecule has 1 N–H and O–H groups in total. The highest BCUT2D eigenvalue weighted by molar-refractivity contribution is 8.14. The Kier molecular flexibility index (Phi) is 5.52. The minimum absolute atomic E-state index is 0.0306. The van der Waals surface area contributed by atoms with Gasteiger partial charge in [0, 0.05) is 17.4 Å². The number of hydrogen-bond acceptors (Lipinski definition) is 5. The maximum Gasteiger partial charge on any atom is 0.189 e. The number of ketones is 1. The summed E-state index contributed by atoms with van der Waals surface area (Å²) in [6.07, 6.45) is 0. The third kappa shape index (κ3) is 3.55. The van der Waals surface area contributed by atoms with Gasteiger partial charge < -0.3 is 14.4 Å². The fraction of sp³-hybridized carbons (Fsp3) is 0.300. The maximum absolute atomic E-state index is 13.4. The van der Waals surface area contributed by atoms with Crippen molar-refractivity contribution in [2.45, 2.75) is 19.0 Å². The monoisotopic (exact) mass is 370 g/mol. The van der Waals surface area contributed by atoms with Gasteiger partial charge >= 0.3 is 0 Å². The molecule has 2 atom stereocenters. The Morgan fingerprint density at radius 1 is 1.08 bits per heavy atom. The predicted molar refractivity (Wildman–Crippen MR) is 105 cm³/mol. The number of thioether (sulfide) groups is 1. The molecule has 2 unspecified atom stereocenters. The van der Waals surface area contributed by atoms with Crippen LogP contribution in [0.4, 0.5) is 0 Å². The summed E-state index contributed by atoms with van der Waals surface area (Å²) in [5.41, 5.74) is 1.45. The summed E-state index contributed by atoms with van der Waals surface area (Å²) in [7, 11) is 3.21. The van der Waals surface area contributed by atoms with Crippen LogP contribution in [0.1, 0.15) is 28.9 Å². The smallest absolute Gasteiger partial charge is 0.189 e. The van der Waals surface area contributed by atoms with E-state index >= 15 is 0 Å². The number of carbonyl (C=O) groups is 1. The number of rotatable bonds is 6. The highest BCUT2D eigenvalue weighted by Crippen LogP contribution is 2.35. The van der Waals surface area contributed by atoms with Crippen molar-refractivity contribution in [3.63, 3.8) is 0 Å². The van der Waals surface area contributed by atoms with Gasteiger partial charge in [0.15, 0.2) is 11.0 Å². The number of amidine groups is 1. The molecule has 0 amide bonds. The van der Waals surface area contributed by atoms with Crippen molar-refractivity contribution in [2.75, 3.05) is 20.0 Å². The van der Waals surface area contributed by atoms with Gasteiger partial charge in [0.25, 0.3) is 0 Å². The van der Waals surface area contributed by atoms with Crippen LogP contribution in [0.3, 0.4) is 0 Å². The number of nitrogens with zero attached hydrogens (tertiary/aromatic N) is 1. The van der Waals surface area contributed by atoms with E-state index in [2.05, 4.69) is 0 Å².